The van der Waals surface area contributed by atoms with E-state index in [1.54, 1.807) is 68.8 Å². The lowest BCUT2D eigenvalue weighted by molar-refractivity contribution is 0.163. The van der Waals surface area contributed by atoms with Gasteiger partial charge in [-0.2, -0.15) is 29.9 Å². The fraction of sp³-hybridized carbons (Fsp3) is 0.194. The number of aromatic nitrogens is 16. The first-order valence-corrected chi connectivity index (χ1v) is 46.1. The van der Waals surface area contributed by atoms with Gasteiger partial charge in [-0.1, -0.05) is 216 Å². The summed E-state index contributed by atoms with van der Waals surface area (Å²) in [5.41, 5.74) is 64.3. The molecular weight excluding hydrogens is 1840 g/mol. The standard InChI is InChI=1S/C21H23N3.C18H18N4.C15H18N4.C13H12Cl2N4.C13H13N5.C12H11ClF2N4.C11H12ClN5O/c1-15-8-6-13-19(16(15)2)20-14-18(23-21(22)24-20)12-7-11-17-9-4-3-5-10-17;19-18-21-16(15-9-5-2-6-10-15)13-17(22-18)20-12-11-14-7-3-1-4-8-14;1-9-5-3-6-11(10(9)2)13-12-7-4-8-17-14(12)19-15(16)18-13;14-9-5-1-3-7(10(9)15)11-8-4-2-6-17-12(8)19-13(16)18-11;1-15-12-6-11(17-13(14)18-12)9-7-16-10-5-3-2-4-8(9)10;13-8-3-1-2-7(4-8)9-5-11(17-6-10(14)15)19-12(16)18-9;1-14-8-5-7(16-11(13)17-8)6-3-4-15-10(18-2)9(6)12/h3-6,8-10,13-14H,7,11-12H2,1-2H3,(H2,22,23,24);1-10,13H,11-12H2,(H3,19,20,21,22);3,5-6H,4,7-8H2,1-2H3,(H3,16,17,18,19);1,3,5H,2,4,6H2,(H3,16,17,18,19);2-7,16H,1H3,(H3,14,15,17,18);1-5,10H,6H2,(H3,16,17,18,19);3-5H,1-2H3,(H3,13,14,16,17). The van der Waals surface area contributed by atoms with Gasteiger partial charge in [-0.25, -0.2) is 53.6 Å². The maximum absolute atomic E-state index is 12.1. The number of aryl methyl sites for hydroxylation is 4. The van der Waals surface area contributed by atoms with Crippen molar-refractivity contribution in [2.45, 2.75) is 85.5 Å². The van der Waals surface area contributed by atoms with Crippen LogP contribution in [0.25, 0.3) is 89.7 Å². The summed E-state index contributed by atoms with van der Waals surface area (Å²) in [6.07, 6.45) is 9.05. The summed E-state index contributed by atoms with van der Waals surface area (Å²) in [7, 11) is 5.06. The number of para-hydroxylation sites is 1. The second-order valence-corrected chi connectivity index (χ2v) is 33.4. The van der Waals surface area contributed by atoms with Gasteiger partial charge in [0.2, 0.25) is 47.5 Å². The molecule has 17 aromatic rings. The number of ether oxygens (including phenoxy) is 1. The van der Waals surface area contributed by atoms with Crippen LogP contribution in [0.2, 0.25) is 20.1 Å². The Balaban J connectivity index is 0.000000137. The van der Waals surface area contributed by atoms with Gasteiger partial charge >= 0.3 is 0 Å². The fourth-order valence-corrected chi connectivity index (χ4v) is 16.0. The summed E-state index contributed by atoms with van der Waals surface area (Å²) in [6.45, 7) is 10.6. The molecule has 21 N–H and O–H groups in total. The van der Waals surface area contributed by atoms with Crippen LogP contribution >= 0.6 is 46.4 Å². The zero-order valence-corrected chi connectivity index (χ0v) is 80.6. The van der Waals surface area contributed by atoms with Gasteiger partial charge in [0.15, 0.2) is 0 Å². The van der Waals surface area contributed by atoms with Crippen molar-refractivity contribution in [1.29, 1.82) is 0 Å². The minimum absolute atomic E-state index is 0.00856. The van der Waals surface area contributed by atoms with Gasteiger partial charge in [0.25, 0.3) is 6.43 Å². The number of methoxy groups -OCH3 is 1. The third-order valence-corrected chi connectivity index (χ3v) is 23.6. The van der Waals surface area contributed by atoms with Crippen LogP contribution in [-0.2, 0) is 32.1 Å². The topological polar surface area (TPSA) is 473 Å². The molecule has 712 valence electrons. The number of hydrogen-bond donors (Lipinski definition) is 14. The number of benzene rings is 8. The predicted octanol–water partition coefficient (Wildman–Crippen LogP) is 21.1. The molecule has 0 aliphatic carbocycles. The van der Waals surface area contributed by atoms with E-state index in [1.165, 1.54) is 46.1 Å². The molecule has 0 radical (unpaired) electrons. The molecule has 0 unspecified atom stereocenters. The van der Waals surface area contributed by atoms with Crippen LogP contribution in [0.1, 0.15) is 69.5 Å². The molecule has 36 heteroatoms. The molecule has 2 aliphatic heterocycles. The van der Waals surface area contributed by atoms with Crippen LogP contribution in [0, 0.1) is 27.7 Å². The van der Waals surface area contributed by atoms with Crippen molar-refractivity contribution in [3.63, 3.8) is 0 Å². The average molecular weight is 1950 g/mol. The zero-order chi connectivity index (χ0) is 98.4. The Morgan fingerprint density at radius 1 is 0.410 bits per heavy atom. The summed E-state index contributed by atoms with van der Waals surface area (Å²) >= 11 is 24.4. The highest BCUT2D eigenvalue weighted by Crippen LogP contribution is 2.40. The van der Waals surface area contributed by atoms with E-state index in [2.05, 4.69) is 224 Å². The number of aromatic amines is 1. The molecule has 9 aromatic heterocycles. The Morgan fingerprint density at radius 2 is 0.878 bits per heavy atom. The molecule has 0 spiro atoms. The summed E-state index contributed by atoms with van der Waals surface area (Å²) in [5.74, 6) is 6.02. The molecule has 19 rings (SSSR count). The van der Waals surface area contributed by atoms with Crippen molar-refractivity contribution >= 4 is 134 Å². The van der Waals surface area contributed by atoms with Crippen LogP contribution in [0.3, 0.4) is 0 Å². The van der Waals surface area contributed by atoms with Crippen LogP contribution in [-0.4, -0.2) is 134 Å². The number of anilines is 13. The van der Waals surface area contributed by atoms with Crippen LogP contribution in [0.5, 0.6) is 5.88 Å². The number of nitrogens with one attached hydrogen (secondary N) is 7. The number of rotatable bonds is 21. The highest BCUT2D eigenvalue weighted by Gasteiger charge is 2.24. The lowest BCUT2D eigenvalue weighted by atomic mass is 9.95. The normalized spacial score (nSPS) is 11.4. The number of pyridine rings is 1. The predicted molar refractivity (Wildman–Crippen MR) is 563 cm³/mol. The average Bonchev–Trinajstić information content (AvgIpc) is 1.33. The van der Waals surface area contributed by atoms with E-state index in [1.807, 2.05) is 103 Å². The Kier molecular flexibility index (Phi) is 35.6. The molecule has 2 aliphatic rings. The van der Waals surface area contributed by atoms with Gasteiger partial charge in [0.05, 0.1) is 63.6 Å². The number of nitrogens with two attached hydrogens (primary N) is 7. The minimum Gasteiger partial charge on any atom is -0.480 e. The van der Waals surface area contributed by atoms with Gasteiger partial charge in [-0.3, -0.25) is 0 Å². The van der Waals surface area contributed by atoms with Crippen molar-refractivity contribution in [3.05, 3.63) is 313 Å². The quantitative estimate of drug-likeness (QED) is 0.0318. The lowest BCUT2D eigenvalue weighted by Gasteiger charge is -2.21. The van der Waals surface area contributed by atoms with Crippen LogP contribution in [0.15, 0.2) is 243 Å². The number of alkyl halides is 2. The van der Waals surface area contributed by atoms with Gasteiger partial charge in [-0.05, 0) is 149 Å². The van der Waals surface area contributed by atoms with Crippen LogP contribution in [0.4, 0.5) is 85.3 Å². The number of halogens is 6. The van der Waals surface area contributed by atoms with Gasteiger partial charge in [-0.15, -0.1) is 0 Å². The number of H-pyrrole nitrogens is 1. The molecule has 0 atom stereocenters. The highest BCUT2D eigenvalue weighted by molar-refractivity contribution is 6.43. The third-order valence-electron chi connectivity index (χ3n) is 22.2. The highest BCUT2D eigenvalue weighted by atomic mass is 35.5. The Hall–Kier alpha value is -15.8. The second kappa shape index (κ2) is 49.1. The SMILES string of the molecule is CNc1cc(-c2c[nH]c3ccccc23)nc(N)n1.CNc1cc(-c2ccnc(OC)c2Cl)nc(N)n1.Cc1cccc(-c2cc(CCCc3ccccc3)nc(N)n2)c1C.Cc1cccc(-c2nc(N)nc3c2CCCN3)c1C.Nc1nc(NCC(F)F)cc(-c2cccc(Cl)c2)n1.Nc1nc(NCCc2ccccc2)cc(-c2ccccc2)n1.Nc1nc2c(c(-c3cccc(Cl)c3Cl)n1)CCCN2. The molecule has 0 saturated heterocycles. The Bertz CT molecular complexity index is 6910. The Labute approximate surface area is 824 Å². The van der Waals surface area contributed by atoms with Crippen molar-refractivity contribution in [2.24, 2.45) is 0 Å². The van der Waals surface area contributed by atoms with Gasteiger partial charge in [0, 0.05) is 142 Å². The summed E-state index contributed by atoms with van der Waals surface area (Å²) in [4.78, 5) is 66.4. The molecule has 0 bridgehead atoms. The van der Waals surface area contributed by atoms with Gasteiger partial charge in [0.1, 0.15) is 39.9 Å². The molecular formula is C103H107Cl4F2N29O. The van der Waals surface area contributed by atoms with Crippen LogP contribution < -0.4 is 76.8 Å². The van der Waals surface area contributed by atoms with E-state index < -0.39 is 13.0 Å². The molecule has 139 heavy (non-hydrogen) atoms. The first-order chi connectivity index (χ1) is 67.2. The maximum Gasteiger partial charge on any atom is 0.255 e. The maximum atomic E-state index is 12.1. The fourth-order valence-electron chi connectivity index (χ4n) is 15.1. The van der Waals surface area contributed by atoms with E-state index in [0.29, 0.717) is 66.5 Å². The lowest BCUT2D eigenvalue weighted by Crippen LogP contribution is -2.16. The first-order valence-electron chi connectivity index (χ1n) is 44.6. The summed E-state index contributed by atoms with van der Waals surface area (Å²) < 4.78 is 29.3. The first kappa shape index (κ1) is 101. The van der Waals surface area contributed by atoms with Crippen molar-refractivity contribution in [3.8, 4) is 84.7 Å². The largest absolute Gasteiger partial charge is 0.480 e. The molecule has 30 nitrogen and oxygen atoms in total. The second-order valence-electron chi connectivity index (χ2n) is 31.8. The van der Waals surface area contributed by atoms with Gasteiger partial charge < -0.3 is 81.8 Å². The van der Waals surface area contributed by atoms with E-state index in [4.69, 9.17) is 91.3 Å². The van der Waals surface area contributed by atoms with E-state index in [0.717, 1.165) is 172 Å². The molecule has 0 amide bonds. The summed E-state index contributed by atoms with van der Waals surface area (Å²) in [5, 5.41) is 21.3. The molecule has 0 saturated carbocycles. The third kappa shape index (κ3) is 28.0. The molecule has 8 aromatic carbocycles. The summed E-state index contributed by atoms with van der Waals surface area (Å²) in [6, 6.07) is 74.9. The number of nitrogen functional groups attached to an aromatic ring is 7. The van der Waals surface area contributed by atoms with Crippen molar-refractivity contribution in [1.82, 2.24) is 79.7 Å². The monoisotopic (exact) mass is 1940 g/mol. The van der Waals surface area contributed by atoms with E-state index in [9.17, 15) is 8.78 Å². The number of fused-ring (bicyclic) bond motifs is 3. The van der Waals surface area contributed by atoms with Crippen molar-refractivity contribution in [2.75, 3.05) is 119 Å². The zero-order valence-electron chi connectivity index (χ0n) is 77.6. The molecule has 11 heterocycles. The minimum atomic E-state index is -2.47. The Morgan fingerprint density at radius 3 is 1.46 bits per heavy atom. The number of hydrogen-bond acceptors (Lipinski definition) is 29. The van der Waals surface area contributed by atoms with Crippen molar-refractivity contribution < 1.29 is 13.5 Å². The smallest absolute Gasteiger partial charge is 0.255 e. The van der Waals surface area contributed by atoms with E-state index in [-0.39, 0.29) is 35.6 Å². The van der Waals surface area contributed by atoms with E-state index >= 15 is 0 Å². The number of nitrogens with zero attached hydrogens (tertiary/aromatic N) is 15. The molecule has 0 fully saturated rings.